The molecule has 0 aromatic carbocycles. The lowest BCUT2D eigenvalue weighted by atomic mass is 9.82. The summed E-state index contributed by atoms with van der Waals surface area (Å²) in [5, 5.41) is 5.40. The highest BCUT2D eigenvalue weighted by Gasteiger charge is 2.50. The average Bonchev–Trinajstić information content (AvgIpc) is 2.91. The molecule has 1 N–H and O–H groups in total. The van der Waals surface area contributed by atoms with Crippen molar-refractivity contribution in [2.75, 3.05) is 28.2 Å². The zero-order valence-electron chi connectivity index (χ0n) is 23.7. The summed E-state index contributed by atoms with van der Waals surface area (Å²) in [7, 11) is 10.5. The molecule has 0 heterocycles. The number of allylic oxidation sites excluding steroid dienone is 1. The van der Waals surface area contributed by atoms with E-state index in [-0.39, 0.29) is 5.66 Å². The predicted molar refractivity (Wildman–Crippen MR) is 154 cm³/mol. The number of nitrogens with zero attached hydrogens (tertiary/aromatic N) is 3. The largest absolute Gasteiger partial charge is 0.372 e. The molecule has 0 radical (unpaired) electrons. The Balaban J connectivity index is 1.84. The van der Waals surface area contributed by atoms with Gasteiger partial charge in [0.2, 0.25) is 0 Å². The van der Waals surface area contributed by atoms with Crippen molar-refractivity contribution < 1.29 is 0 Å². The van der Waals surface area contributed by atoms with Gasteiger partial charge < -0.3 is 4.90 Å². The molecule has 4 nitrogen and oxygen atoms in total. The molecular formula is C30H57N4P. The van der Waals surface area contributed by atoms with E-state index >= 15 is 0 Å². The van der Waals surface area contributed by atoms with Crippen molar-refractivity contribution in [2.24, 2.45) is 0 Å². The quantitative estimate of drug-likeness (QED) is 0.273. The van der Waals surface area contributed by atoms with Crippen molar-refractivity contribution >= 4 is 8.73 Å². The molecule has 0 aromatic rings. The van der Waals surface area contributed by atoms with Crippen LogP contribution in [0.1, 0.15) is 128 Å². The molecule has 202 valence electrons. The number of rotatable bonds is 8. The van der Waals surface area contributed by atoms with Crippen molar-refractivity contribution in [3.63, 3.8) is 0 Å². The standard InChI is InChI=1S/C30H57N4P/c1-31-35-28-23-15-8-16-24-30(33(3)26-19-11-6-12-20-26,34(4)27-21-13-7-14-22-27)29(28)32(2)25-17-9-5-10-18-25/h25-27,31,35H,5-24H2,1-4H3/b29-28-. The van der Waals surface area contributed by atoms with Crippen LogP contribution in [-0.2, 0) is 0 Å². The number of hydrogen-bond acceptors (Lipinski definition) is 4. The summed E-state index contributed by atoms with van der Waals surface area (Å²) in [6, 6.07) is 2.17. The molecule has 4 aliphatic rings. The Morgan fingerprint density at radius 2 is 1.09 bits per heavy atom. The smallest absolute Gasteiger partial charge is 0.115 e. The molecule has 3 fully saturated rings. The summed E-state index contributed by atoms with van der Waals surface area (Å²) in [6.07, 6.45) is 27.8. The number of likely N-dealkylation sites (N-methyl/N-ethyl adjacent to an activating group) is 3. The second-order valence-electron chi connectivity index (χ2n) is 12.3. The van der Waals surface area contributed by atoms with Gasteiger partial charge in [0.1, 0.15) is 5.66 Å². The highest BCUT2D eigenvalue weighted by Crippen LogP contribution is 2.48. The van der Waals surface area contributed by atoms with Crippen LogP contribution in [0.3, 0.4) is 0 Å². The van der Waals surface area contributed by atoms with Crippen LogP contribution < -0.4 is 5.09 Å². The lowest BCUT2D eigenvalue weighted by molar-refractivity contribution is -0.0869. The van der Waals surface area contributed by atoms with E-state index in [1.165, 1.54) is 128 Å². The van der Waals surface area contributed by atoms with E-state index in [1.807, 2.05) is 0 Å². The topological polar surface area (TPSA) is 21.8 Å². The maximum Gasteiger partial charge on any atom is 0.115 e. The monoisotopic (exact) mass is 504 g/mol. The van der Waals surface area contributed by atoms with E-state index in [1.54, 1.807) is 11.0 Å². The van der Waals surface area contributed by atoms with Crippen LogP contribution in [0.4, 0.5) is 0 Å². The van der Waals surface area contributed by atoms with Gasteiger partial charge in [-0.05, 0) is 99.4 Å². The number of nitrogens with one attached hydrogen (secondary N) is 1. The van der Waals surface area contributed by atoms with E-state index in [2.05, 4.69) is 48.0 Å². The maximum atomic E-state index is 3.65. The molecule has 35 heavy (non-hydrogen) atoms. The first-order valence-electron chi connectivity index (χ1n) is 15.4. The Hall–Kier alpha value is -0.150. The SMILES string of the molecule is CNP/C1=C(\N(C)C2CCCCC2)C(N(C)C2CCCCC2)(N(C)C2CCCCC2)CCCCC1. The average molecular weight is 505 g/mol. The second kappa shape index (κ2) is 13.6. The molecule has 1 unspecified atom stereocenters. The Morgan fingerprint density at radius 3 is 1.57 bits per heavy atom. The van der Waals surface area contributed by atoms with Gasteiger partial charge in [-0.1, -0.05) is 64.2 Å². The van der Waals surface area contributed by atoms with Gasteiger partial charge >= 0.3 is 0 Å². The van der Waals surface area contributed by atoms with Gasteiger partial charge in [0.25, 0.3) is 0 Å². The van der Waals surface area contributed by atoms with Gasteiger partial charge in [0, 0.05) is 25.2 Å². The van der Waals surface area contributed by atoms with E-state index in [0.717, 1.165) is 20.8 Å². The summed E-state index contributed by atoms with van der Waals surface area (Å²) in [5.41, 5.74) is 1.77. The fourth-order valence-electron chi connectivity index (χ4n) is 8.22. The van der Waals surface area contributed by atoms with Crippen LogP contribution in [-0.4, -0.2) is 66.7 Å². The Kier molecular flexibility index (Phi) is 10.8. The van der Waals surface area contributed by atoms with E-state index in [4.69, 9.17) is 0 Å². The highest BCUT2D eigenvalue weighted by atomic mass is 31.1. The summed E-state index contributed by atoms with van der Waals surface area (Å²) in [5.74, 6) is 0. The van der Waals surface area contributed by atoms with Gasteiger partial charge in [-0.2, -0.15) is 0 Å². The van der Waals surface area contributed by atoms with E-state index in [9.17, 15) is 0 Å². The van der Waals surface area contributed by atoms with Gasteiger partial charge in [-0.25, -0.2) is 0 Å². The first-order chi connectivity index (χ1) is 17.1. The molecule has 5 heteroatoms. The number of hydrogen-bond donors (Lipinski definition) is 1. The third-order valence-corrected chi connectivity index (χ3v) is 11.3. The van der Waals surface area contributed by atoms with Gasteiger partial charge in [0.15, 0.2) is 0 Å². The van der Waals surface area contributed by atoms with Crippen LogP contribution in [0.2, 0.25) is 0 Å². The van der Waals surface area contributed by atoms with Crippen molar-refractivity contribution in [1.29, 1.82) is 0 Å². The Bertz CT molecular complexity index is 637. The highest BCUT2D eigenvalue weighted by molar-refractivity contribution is 7.40. The molecule has 0 saturated heterocycles. The van der Waals surface area contributed by atoms with Crippen molar-refractivity contribution in [1.82, 2.24) is 19.8 Å². The minimum absolute atomic E-state index is 0.0375. The third kappa shape index (κ3) is 6.30. The van der Waals surface area contributed by atoms with E-state index in [0.29, 0.717) is 6.04 Å². The van der Waals surface area contributed by atoms with Crippen LogP contribution in [0, 0.1) is 0 Å². The van der Waals surface area contributed by atoms with Crippen LogP contribution in [0.25, 0.3) is 0 Å². The molecule has 0 bridgehead atoms. The molecule has 4 rings (SSSR count). The first kappa shape index (κ1) is 27.9. The fourth-order valence-corrected chi connectivity index (χ4v) is 9.32. The van der Waals surface area contributed by atoms with E-state index < -0.39 is 0 Å². The summed E-state index contributed by atoms with van der Waals surface area (Å²) in [6.45, 7) is 0. The van der Waals surface area contributed by atoms with Crippen molar-refractivity contribution in [3.05, 3.63) is 11.0 Å². The van der Waals surface area contributed by atoms with Gasteiger partial charge in [0.05, 0.1) is 5.70 Å². The Labute approximate surface area is 219 Å². The zero-order valence-corrected chi connectivity index (χ0v) is 24.7. The van der Waals surface area contributed by atoms with Crippen LogP contribution in [0.15, 0.2) is 11.0 Å². The summed E-state index contributed by atoms with van der Waals surface area (Å²) >= 11 is 0. The molecule has 4 aliphatic carbocycles. The predicted octanol–water partition coefficient (Wildman–Crippen LogP) is 7.46. The molecule has 0 amide bonds. The normalized spacial score (nSPS) is 28.6. The van der Waals surface area contributed by atoms with Crippen LogP contribution in [0.5, 0.6) is 0 Å². The molecular weight excluding hydrogens is 447 g/mol. The molecule has 0 spiro atoms. The van der Waals surface area contributed by atoms with Gasteiger partial charge in [-0.15, -0.1) is 0 Å². The second-order valence-corrected chi connectivity index (χ2v) is 13.6. The zero-order chi connectivity index (χ0) is 24.7. The molecule has 1 atom stereocenters. The summed E-state index contributed by atoms with van der Waals surface area (Å²) < 4.78 is 0. The minimum Gasteiger partial charge on any atom is -0.372 e. The maximum absolute atomic E-state index is 3.65. The van der Waals surface area contributed by atoms with Gasteiger partial charge in [-0.3, -0.25) is 14.9 Å². The lowest BCUT2D eigenvalue weighted by Crippen LogP contribution is -2.67. The molecule has 3 saturated carbocycles. The van der Waals surface area contributed by atoms with Crippen molar-refractivity contribution in [3.8, 4) is 0 Å². The van der Waals surface area contributed by atoms with Crippen LogP contribution >= 0.6 is 8.73 Å². The first-order valence-corrected chi connectivity index (χ1v) is 16.4. The van der Waals surface area contributed by atoms with Crippen molar-refractivity contribution in [2.45, 2.75) is 152 Å². The summed E-state index contributed by atoms with van der Waals surface area (Å²) in [4.78, 5) is 8.78. The molecule has 0 aromatic heterocycles. The fraction of sp³-hybridized carbons (Fsp3) is 0.933. The Morgan fingerprint density at radius 1 is 0.629 bits per heavy atom. The third-order valence-electron chi connectivity index (χ3n) is 10.3. The lowest BCUT2D eigenvalue weighted by Gasteiger charge is -2.59. The minimum atomic E-state index is 0.0375. The molecule has 0 aliphatic heterocycles.